The van der Waals surface area contributed by atoms with E-state index in [0.717, 1.165) is 17.1 Å². The summed E-state index contributed by atoms with van der Waals surface area (Å²) < 4.78 is 12.0. The molecule has 0 bridgehead atoms. The monoisotopic (exact) mass is 337 g/mol. The van der Waals surface area contributed by atoms with E-state index < -0.39 is 0 Å². The Morgan fingerprint density at radius 2 is 2.08 bits per heavy atom. The molecule has 130 valence electrons. The Morgan fingerprint density at radius 3 is 2.80 bits per heavy atom. The number of hydrogen-bond donors (Lipinski definition) is 0. The molecule has 5 heteroatoms. The topological polar surface area (TPSA) is 58.4 Å². The Bertz CT molecular complexity index is 768. The number of aromatic nitrogens is 1. The van der Waals surface area contributed by atoms with Gasteiger partial charge in [0.2, 0.25) is 0 Å². The third-order valence-corrected chi connectivity index (χ3v) is 4.21. The van der Waals surface area contributed by atoms with Crippen LogP contribution in [0.15, 0.2) is 42.6 Å². The average molecular weight is 337 g/mol. The van der Waals surface area contributed by atoms with Crippen LogP contribution in [-0.4, -0.2) is 36.4 Å². The van der Waals surface area contributed by atoms with Gasteiger partial charge >= 0.3 is 0 Å². The van der Waals surface area contributed by atoms with E-state index in [-0.39, 0.29) is 11.7 Å². The Hall–Kier alpha value is -2.58. The highest BCUT2D eigenvalue weighted by Crippen LogP contribution is 2.28. The zero-order chi connectivity index (χ0) is 17.9. The molecule has 3 rings (SSSR count). The molecule has 0 radical (unpaired) electrons. The Balaban J connectivity index is 1.77. The van der Waals surface area contributed by atoms with Crippen molar-refractivity contribution in [1.82, 2.24) is 4.98 Å². The molecule has 1 fully saturated rings. The minimum absolute atomic E-state index is 0.0992. The van der Waals surface area contributed by atoms with Crippen molar-refractivity contribution >= 4 is 5.82 Å². The summed E-state index contributed by atoms with van der Waals surface area (Å²) in [7, 11) is 0. The number of nitriles is 1. The van der Waals surface area contributed by atoms with E-state index in [0.29, 0.717) is 25.3 Å². The van der Waals surface area contributed by atoms with Crippen molar-refractivity contribution in [2.24, 2.45) is 0 Å². The van der Waals surface area contributed by atoms with Gasteiger partial charge in [-0.25, -0.2) is 4.98 Å². The maximum absolute atomic E-state index is 9.51. The van der Waals surface area contributed by atoms with Gasteiger partial charge in [0.1, 0.15) is 30.3 Å². The maximum atomic E-state index is 9.51. The predicted molar refractivity (Wildman–Crippen MR) is 96.8 cm³/mol. The molecule has 25 heavy (non-hydrogen) atoms. The van der Waals surface area contributed by atoms with Gasteiger partial charge in [-0.3, -0.25) is 0 Å². The Labute approximate surface area is 148 Å². The van der Waals surface area contributed by atoms with Gasteiger partial charge in [0.25, 0.3) is 0 Å². The van der Waals surface area contributed by atoms with E-state index in [9.17, 15) is 5.26 Å². The van der Waals surface area contributed by atoms with Gasteiger partial charge in [-0.05, 0) is 44.5 Å². The molecule has 0 unspecified atom stereocenters. The molecule has 2 heterocycles. The van der Waals surface area contributed by atoms with Gasteiger partial charge in [-0.1, -0.05) is 18.2 Å². The summed E-state index contributed by atoms with van der Waals surface area (Å²) in [4.78, 5) is 6.59. The largest absolute Gasteiger partial charge is 0.491 e. The van der Waals surface area contributed by atoms with E-state index in [4.69, 9.17) is 9.47 Å². The molecule has 2 aromatic rings. The number of aryl methyl sites for hydroxylation is 1. The SMILES string of the molecule is Cc1ccnc(N2C[C@H](COc3ccccc3)OC(C)(C)C2)c1C#N. The lowest BCUT2D eigenvalue weighted by Gasteiger charge is -2.43. The molecule has 0 amide bonds. The second kappa shape index (κ2) is 7.12. The van der Waals surface area contributed by atoms with Crippen LogP contribution in [0.2, 0.25) is 0 Å². The number of nitrogens with zero attached hydrogens (tertiary/aromatic N) is 3. The number of morpholine rings is 1. The summed E-state index contributed by atoms with van der Waals surface area (Å²) in [5, 5.41) is 9.51. The standard InChI is InChI=1S/C20H23N3O2/c1-15-9-10-22-19(18(15)11-21)23-12-17(25-20(2,3)14-23)13-24-16-7-5-4-6-8-16/h4-10,17H,12-14H2,1-3H3/t17-/m1/s1. The van der Waals surface area contributed by atoms with Gasteiger partial charge in [0.05, 0.1) is 11.2 Å². The van der Waals surface area contributed by atoms with Gasteiger partial charge in [-0.2, -0.15) is 5.26 Å². The normalized spacial score (nSPS) is 19.3. The van der Waals surface area contributed by atoms with E-state index in [1.54, 1.807) is 6.20 Å². The van der Waals surface area contributed by atoms with E-state index >= 15 is 0 Å². The summed E-state index contributed by atoms with van der Waals surface area (Å²) >= 11 is 0. The van der Waals surface area contributed by atoms with Crippen LogP contribution in [0.4, 0.5) is 5.82 Å². The van der Waals surface area contributed by atoms with Gasteiger partial charge in [0, 0.05) is 19.3 Å². The minimum atomic E-state index is -0.346. The van der Waals surface area contributed by atoms with Gasteiger partial charge in [0.15, 0.2) is 0 Å². The zero-order valence-corrected chi connectivity index (χ0v) is 14.9. The van der Waals surface area contributed by atoms with Crippen LogP contribution in [0, 0.1) is 18.3 Å². The number of benzene rings is 1. The fourth-order valence-electron chi connectivity index (χ4n) is 3.17. The second-order valence-electron chi connectivity index (χ2n) is 6.94. The number of anilines is 1. The first kappa shape index (κ1) is 17.2. The summed E-state index contributed by atoms with van der Waals surface area (Å²) in [5.74, 6) is 1.55. The molecule has 1 aliphatic rings. The van der Waals surface area contributed by atoms with Crippen LogP contribution in [0.1, 0.15) is 25.0 Å². The van der Waals surface area contributed by atoms with Crippen molar-refractivity contribution in [3.63, 3.8) is 0 Å². The number of rotatable bonds is 4. The second-order valence-corrected chi connectivity index (χ2v) is 6.94. The highest BCUT2D eigenvalue weighted by Gasteiger charge is 2.35. The Morgan fingerprint density at radius 1 is 1.32 bits per heavy atom. The molecule has 1 atom stereocenters. The number of para-hydroxylation sites is 1. The molecule has 5 nitrogen and oxygen atoms in total. The molecule has 0 saturated carbocycles. The fourth-order valence-corrected chi connectivity index (χ4v) is 3.17. The van der Waals surface area contributed by atoms with Gasteiger partial charge < -0.3 is 14.4 Å². The first-order valence-corrected chi connectivity index (χ1v) is 8.45. The highest BCUT2D eigenvalue weighted by atomic mass is 16.5. The molecule has 1 aliphatic heterocycles. The van der Waals surface area contributed by atoms with E-state index in [1.165, 1.54) is 0 Å². The predicted octanol–water partition coefficient (Wildman–Crippen LogP) is 3.32. The van der Waals surface area contributed by atoms with Crippen LogP contribution < -0.4 is 9.64 Å². The minimum Gasteiger partial charge on any atom is -0.491 e. The van der Waals surface area contributed by atoms with Crippen molar-refractivity contribution in [2.75, 3.05) is 24.6 Å². The third kappa shape index (κ3) is 4.09. The fraction of sp³-hybridized carbons (Fsp3) is 0.400. The summed E-state index contributed by atoms with van der Waals surface area (Å²) in [6, 6.07) is 13.9. The van der Waals surface area contributed by atoms with Crippen molar-refractivity contribution in [2.45, 2.75) is 32.5 Å². The van der Waals surface area contributed by atoms with E-state index in [2.05, 4.69) is 29.8 Å². The molecule has 0 N–H and O–H groups in total. The Kier molecular flexibility index (Phi) is 4.91. The van der Waals surface area contributed by atoms with Crippen LogP contribution >= 0.6 is 0 Å². The average Bonchev–Trinajstić information content (AvgIpc) is 2.59. The van der Waals surface area contributed by atoms with Crippen molar-refractivity contribution in [3.8, 4) is 11.8 Å². The molecule has 0 spiro atoms. The highest BCUT2D eigenvalue weighted by molar-refractivity contribution is 5.57. The molecule has 1 saturated heterocycles. The lowest BCUT2D eigenvalue weighted by molar-refractivity contribution is -0.0971. The van der Waals surface area contributed by atoms with E-state index in [1.807, 2.05) is 43.3 Å². The number of ether oxygens (including phenoxy) is 2. The molecule has 1 aromatic heterocycles. The van der Waals surface area contributed by atoms with Crippen molar-refractivity contribution < 1.29 is 9.47 Å². The number of hydrogen-bond acceptors (Lipinski definition) is 5. The smallest absolute Gasteiger partial charge is 0.146 e. The lowest BCUT2D eigenvalue weighted by atomic mass is 10.0. The maximum Gasteiger partial charge on any atom is 0.146 e. The molecular formula is C20H23N3O2. The summed E-state index contributed by atoms with van der Waals surface area (Å²) in [6.07, 6.45) is 1.65. The van der Waals surface area contributed by atoms with Crippen molar-refractivity contribution in [3.05, 3.63) is 53.7 Å². The molecular weight excluding hydrogens is 314 g/mol. The first-order chi connectivity index (χ1) is 12.0. The van der Waals surface area contributed by atoms with Crippen LogP contribution in [0.5, 0.6) is 5.75 Å². The number of pyridine rings is 1. The van der Waals surface area contributed by atoms with Crippen molar-refractivity contribution in [1.29, 1.82) is 5.26 Å². The quantitative estimate of drug-likeness (QED) is 0.856. The summed E-state index contributed by atoms with van der Waals surface area (Å²) in [5.41, 5.74) is 1.22. The summed E-state index contributed by atoms with van der Waals surface area (Å²) in [6.45, 7) is 7.82. The molecule has 0 aliphatic carbocycles. The first-order valence-electron chi connectivity index (χ1n) is 8.45. The third-order valence-electron chi connectivity index (χ3n) is 4.21. The van der Waals surface area contributed by atoms with Crippen LogP contribution in [-0.2, 0) is 4.74 Å². The zero-order valence-electron chi connectivity index (χ0n) is 14.9. The van der Waals surface area contributed by atoms with Crippen LogP contribution in [0.25, 0.3) is 0 Å². The van der Waals surface area contributed by atoms with Gasteiger partial charge in [-0.15, -0.1) is 0 Å². The van der Waals surface area contributed by atoms with Crippen LogP contribution in [0.3, 0.4) is 0 Å². The molecule has 1 aromatic carbocycles. The lowest BCUT2D eigenvalue weighted by Crippen LogP contribution is -2.55.